The summed E-state index contributed by atoms with van der Waals surface area (Å²) in [4.78, 5) is 11.8. The van der Waals surface area contributed by atoms with E-state index in [1.807, 2.05) is 13.8 Å². The van der Waals surface area contributed by atoms with E-state index in [2.05, 4.69) is 6.58 Å². The number of rotatable bonds is 7. The maximum atomic E-state index is 11.8. The Morgan fingerprint density at radius 2 is 1.88 bits per heavy atom. The van der Waals surface area contributed by atoms with E-state index < -0.39 is 21.5 Å². The van der Waals surface area contributed by atoms with Gasteiger partial charge in [-0.1, -0.05) is 27.4 Å². The van der Waals surface area contributed by atoms with Crippen LogP contribution in [-0.4, -0.2) is 30.2 Å². The second kappa shape index (κ2) is 6.28. The third kappa shape index (κ3) is 4.97. The molecule has 0 heterocycles. The Bertz CT molecular complexity index is 386. The molecule has 0 amide bonds. The van der Waals surface area contributed by atoms with Crippen molar-refractivity contribution in [3.63, 3.8) is 0 Å². The van der Waals surface area contributed by atoms with Crippen molar-refractivity contribution in [1.82, 2.24) is 0 Å². The highest BCUT2D eigenvalue weighted by atomic mass is 32.2. The second-order valence-electron chi connectivity index (χ2n) is 4.55. The van der Waals surface area contributed by atoms with Crippen molar-refractivity contribution >= 4 is 15.9 Å². The van der Waals surface area contributed by atoms with Crippen molar-refractivity contribution in [1.29, 1.82) is 0 Å². The Morgan fingerprint density at radius 3 is 2.12 bits per heavy atom. The zero-order valence-electron chi connectivity index (χ0n) is 10.8. The molecule has 6 heteroatoms. The lowest BCUT2D eigenvalue weighted by Gasteiger charge is -2.25. The predicted octanol–water partition coefficient (Wildman–Crippen LogP) is 0.000900. The van der Waals surface area contributed by atoms with E-state index in [-0.39, 0.29) is 18.1 Å². The minimum Gasteiger partial charge on any atom is -0.743 e. The summed E-state index contributed by atoms with van der Waals surface area (Å²) in [5, 5.41) is 0.238. The van der Waals surface area contributed by atoms with Gasteiger partial charge in [0, 0.05) is 12.3 Å². The first kappa shape index (κ1) is 16.3. The molecule has 0 bridgehead atoms. The van der Waals surface area contributed by atoms with Crippen molar-refractivity contribution in [3.8, 4) is 0 Å². The van der Waals surface area contributed by atoms with Crippen LogP contribution in [0.5, 0.6) is 0 Å². The van der Waals surface area contributed by atoms with Crippen LogP contribution in [-0.2, 0) is 14.9 Å². The largest absolute Gasteiger partial charge is 0.743 e. The lowest BCUT2D eigenvalue weighted by atomic mass is 9.96. The number of quaternary nitrogens is 1. The Labute approximate surface area is 103 Å². The molecule has 2 unspecified atom stereocenters. The minimum atomic E-state index is -4.39. The molecule has 5 nitrogen and oxygen atoms in total. The zero-order chi connectivity index (χ0) is 13.8. The van der Waals surface area contributed by atoms with Crippen molar-refractivity contribution < 1.29 is 23.1 Å². The number of carbonyl (C=O) groups is 1. The average Bonchev–Trinajstić information content (AvgIpc) is 2.15. The standard InChI is InChI=1S/C11H21NO4S/c1-6-9(17(14,15)16)12-10(7(2)3)11(13)8(4)5/h7,9-10,12H,4,6H2,1-3,5H3,(H,14,15,16). The fourth-order valence-electron chi connectivity index (χ4n) is 1.56. The fraction of sp³-hybridized carbons (Fsp3) is 0.727. The SMILES string of the molecule is C=C(C)C(=O)C([NH2+]C(CC)S(=O)(=O)[O-])C(C)C. The molecule has 0 aliphatic carbocycles. The minimum absolute atomic E-state index is 0.0602. The van der Waals surface area contributed by atoms with Crippen molar-refractivity contribution in [2.45, 2.75) is 45.5 Å². The molecule has 0 aliphatic heterocycles. The highest BCUT2D eigenvalue weighted by Gasteiger charge is 2.31. The van der Waals surface area contributed by atoms with Gasteiger partial charge >= 0.3 is 0 Å². The molecular formula is C11H21NO4S. The van der Waals surface area contributed by atoms with Gasteiger partial charge in [0.1, 0.15) is 10.1 Å². The quantitative estimate of drug-likeness (QED) is 0.517. The first-order chi connectivity index (χ1) is 7.61. The maximum Gasteiger partial charge on any atom is 0.215 e. The molecule has 2 atom stereocenters. The Morgan fingerprint density at radius 1 is 1.41 bits per heavy atom. The lowest BCUT2D eigenvalue weighted by molar-refractivity contribution is -0.696. The van der Waals surface area contributed by atoms with Gasteiger partial charge in [0.2, 0.25) is 5.78 Å². The van der Waals surface area contributed by atoms with Gasteiger partial charge in [0.25, 0.3) is 0 Å². The van der Waals surface area contributed by atoms with E-state index in [0.29, 0.717) is 5.57 Å². The van der Waals surface area contributed by atoms with Crippen LogP contribution in [0.4, 0.5) is 0 Å². The first-order valence-corrected chi connectivity index (χ1v) is 7.07. The normalized spacial score (nSPS) is 15.6. The van der Waals surface area contributed by atoms with Gasteiger partial charge in [-0.3, -0.25) is 4.79 Å². The monoisotopic (exact) mass is 263 g/mol. The van der Waals surface area contributed by atoms with Gasteiger partial charge in [-0.05, 0) is 12.5 Å². The molecule has 0 saturated carbocycles. The lowest BCUT2D eigenvalue weighted by Crippen LogP contribution is -2.98. The number of ketones is 1. The van der Waals surface area contributed by atoms with Crippen molar-refractivity contribution in [3.05, 3.63) is 12.2 Å². The molecule has 100 valence electrons. The van der Waals surface area contributed by atoms with Crippen LogP contribution in [0.1, 0.15) is 34.1 Å². The summed E-state index contributed by atoms with van der Waals surface area (Å²) in [6.45, 7) is 10.4. The molecule has 0 aliphatic rings. The molecule has 0 saturated heterocycles. The van der Waals surface area contributed by atoms with E-state index in [4.69, 9.17) is 0 Å². The summed E-state index contributed by atoms with van der Waals surface area (Å²) in [7, 11) is -4.39. The van der Waals surface area contributed by atoms with Gasteiger partial charge in [-0.25, -0.2) is 8.42 Å². The Balaban J connectivity index is 5.01. The molecule has 0 radical (unpaired) electrons. The molecule has 0 aromatic rings. The summed E-state index contributed by atoms with van der Waals surface area (Å²) in [6.07, 6.45) is 0.179. The summed E-state index contributed by atoms with van der Waals surface area (Å²) in [6, 6.07) is -0.568. The number of carbonyl (C=O) groups excluding carboxylic acids is 1. The maximum absolute atomic E-state index is 11.8. The molecule has 2 N–H and O–H groups in total. The van der Waals surface area contributed by atoms with Crippen molar-refractivity contribution in [2.75, 3.05) is 0 Å². The van der Waals surface area contributed by atoms with E-state index in [9.17, 15) is 17.8 Å². The fourth-order valence-corrected chi connectivity index (χ4v) is 2.33. The van der Waals surface area contributed by atoms with Crippen LogP contribution >= 0.6 is 0 Å². The summed E-state index contributed by atoms with van der Waals surface area (Å²) in [5.74, 6) is -0.267. The summed E-state index contributed by atoms with van der Waals surface area (Å²) >= 11 is 0. The van der Waals surface area contributed by atoms with Crippen molar-refractivity contribution in [2.24, 2.45) is 5.92 Å². The number of hydrogen-bond donors (Lipinski definition) is 1. The molecule has 0 aromatic heterocycles. The van der Waals surface area contributed by atoms with E-state index in [0.717, 1.165) is 0 Å². The van der Waals surface area contributed by atoms with Gasteiger partial charge in [-0.15, -0.1) is 0 Å². The Hall–Kier alpha value is -0.720. The predicted molar refractivity (Wildman–Crippen MR) is 64.1 cm³/mol. The van der Waals surface area contributed by atoms with Gasteiger partial charge in [0.05, 0.1) is 0 Å². The number of hydrogen-bond acceptors (Lipinski definition) is 4. The summed E-state index contributed by atoms with van der Waals surface area (Å²) < 4.78 is 33.0. The van der Waals surface area contributed by atoms with Crippen LogP contribution < -0.4 is 5.32 Å². The van der Waals surface area contributed by atoms with E-state index in [1.165, 1.54) is 5.32 Å². The average molecular weight is 263 g/mol. The molecule has 0 aromatic carbocycles. The van der Waals surface area contributed by atoms with E-state index in [1.54, 1.807) is 13.8 Å². The van der Waals surface area contributed by atoms with Crippen LogP contribution in [0.15, 0.2) is 12.2 Å². The van der Waals surface area contributed by atoms with E-state index >= 15 is 0 Å². The second-order valence-corrected chi connectivity index (χ2v) is 6.14. The van der Waals surface area contributed by atoms with Crippen LogP contribution in [0.3, 0.4) is 0 Å². The van der Waals surface area contributed by atoms with Crippen LogP contribution in [0.25, 0.3) is 0 Å². The molecule has 0 fully saturated rings. The molecular weight excluding hydrogens is 242 g/mol. The highest BCUT2D eigenvalue weighted by Crippen LogP contribution is 2.05. The summed E-state index contributed by atoms with van der Waals surface area (Å²) in [5.41, 5.74) is 0.373. The smallest absolute Gasteiger partial charge is 0.215 e. The van der Waals surface area contributed by atoms with Gasteiger partial charge in [-0.2, -0.15) is 0 Å². The van der Waals surface area contributed by atoms with Gasteiger partial charge in [0.15, 0.2) is 11.4 Å². The topological polar surface area (TPSA) is 90.9 Å². The third-order valence-corrected chi connectivity index (χ3v) is 3.87. The third-order valence-electron chi connectivity index (χ3n) is 2.64. The zero-order valence-corrected chi connectivity index (χ0v) is 11.6. The number of nitrogens with two attached hydrogens (primary N) is 1. The first-order valence-electron chi connectivity index (χ1n) is 5.60. The van der Waals surface area contributed by atoms with Crippen LogP contribution in [0, 0.1) is 5.92 Å². The number of Topliss-reactive ketones (excluding diaryl/α,β-unsaturated/α-hetero) is 1. The highest BCUT2D eigenvalue weighted by molar-refractivity contribution is 7.86. The Kier molecular flexibility index (Phi) is 6.01. The van der Waals surface area contributed by atoms with Crippen LogP contribution in [0.2, 0.25) is 0 Å². The molecule has 0 rings (SSSR count). The molecule has 0 spiro atoms. The van der Waals surface area contributed by atoms with Gasteiger partial charge < -0.3 is 9.87 Å². The molecule has 17 heavy (non-hydrogen) atoms.